The molecule has 1 amide bonds. The molecule has 0 saturated heterocycles. The van der Waals surface area contributed by atoms with Crippen molar-refractivity contribution in [2.75, 3.05) is 6.54 Å². The predicted molar refractivity (Wildman–Crippen MR) is 93.9 cm³/mol. The van der Waals surface area contributed by atoms with Crippen LogP contribution in [0.15, 0.2) is 53.1 Å². The van der Waals surface area contributed by atoms with Crippen LogP contribution in [0.2, 0.25) is 5.02 Å². The van der Waals surface area contributed by atoms with Gasteiger partial charge in [-0.2, -0.15) is 4.98 Å². The van der Waals surface area contributed by atoms with Gasteiger partial charge in [-0.25, -0.2) is 0 Å². The number of carbonyl (C=O) groups is 1. The predicted octanol–water partition coefficient (Wildman–Crippen LogP) is 3.27. The van der Waals surface area contributed by atoms with Crippen molar-refractivity contribution in [2.45, 2.75) is 6.42 Å². The van der Waals surface area contributed by atoms with E-state index in [1.807, 2.05) is 0 Å². The Balaban J connectivity index is 1.57. The first-order valence-electron chi connectivity index (χ1n) is 7.64. The Kier molecular flexibility index (Phi) is 5.23. The molecular weight excluding hydrogens is 360 g/mol. The van der Waals surface area contributed by atoms with Crippen molar-refractivity contribution in [1.29, 1.82) is 0 Å². The molecule has 8 nitrogen and oxygen atoms in total. The molecule has 0 bridgehead atoms. The lowest BCUT2D eigenvalue weighted by molar-refractivity contribution is -0.384. The summed E-state index contributed by atoms with van der Waals surface area (Å²) in [7, 11) is 0. The molecule has 0 aliphatic rings. The van der Waals surface area contributed by atoms with Gasteiger partial charge in [0.15, 0.2) is 0 Å². The van der Waals surface area contributed by atoms with Crippen LogP contribution in [0.3, 0.4) is 0 Å². The Morgan fingerprint density at radius 1 is 1.23 bits per heavy atom. The standard InChI is InChI=1S/C17H13ClN4O4/c18-13-6-4-11(5-7-13)16-20-15(26-21-16)8-9-19-17(23)12-2-1-3-14(10-12)22(24)25/h1-7,10H,8-9H2,(H,19,23). The van der Waals surface area contributed by atoms with Gasteiger partial charge in [-0.1, -0.05) is 22.8 Å². The number of nitro groups is 1. The summed E-state index contributed by atoms with van der Waals surface area (Å²) in [6.45, 7) is 0.254. The lowest BCUT2D eigenvalue weighted by Gasteiger charge is -2.03. The number of non-ortho nitro benzene ring substituents is 1. The van der Waals surface area contributed by atoms with Crippen molar-refractivity contribution in [2.24, 2.45) is 0 Å². The number of nitrogens with zero attached hydrogens (tertiary/aromatic N) is 3. The Morgan fingerprint density at radius 2 is 2.00 bits per heavy atom. The fourth-order valence-corrected chi connectivity index (χ4v) is 2.34. The SMILES string of the molecule is O=C(NCCc1nc(-c2ccc(Cl)cc2)no1)c1cccc([N+](=O)[O-])c1. The summed E-state index contributed by atoms with van der Waals surface area (Å²) in [6, 6.07) is 12.5. The highest BCUT2D eigenvalue weighted by atomic mass is 35.5. The van der Waals surface area contributed by atoms with Gasteiger partial charge in [-0.05, 0) is 30.3 Å². The molecule has 0 unspecified atom stereocenters. The first kappa shape index (κ1) is 17.6. The second kappa shape index (κ2) is 7.75. The zero-order valence-electron chi connectivity index (χ0n) is 13.4. The molecule has 0 aliphatic heterocycles. The fraction of sp³-hybridized carbons (Fsp3) is 0.118. The number of halogens is 1. The van der Waals surface area contributed by atoms with E-state index in [9.17, 15) is 14.9 Å². The minimum atomic E-state index is -0.548. The van der Waals surface area contributed by atoms with Crippen molar-refractivity contribution in [3.8, 4) is 11.4 Å². The van der Waals surface area contributed by atoms with Gasteiger partial charge in [-0.3, -0.25) is 14.9 Å². The normalized spacial score (nSPS) is 10.5. The molecule has 3 aromatic rings. The van der Waals surface area contributed by atoms with Crippen LogP contribution in [-0.4, -0.2) is 27.5 Å². The Bertz CT molecular complexity index is 940. The van der Waals surface area contributed by atoms with E-state index in [0.29, 0.717) is 23.2 Å². The molecule has 1 heterocycles. The zero-order chi connectivity index (χ0) is 18.5. The molecule has 0 spiro atoms. The van der Waals surface area contributed by atoms with Gasteiger partial charge < -0.3 is 9.84 Å². The van der Waals surface area contributed by atoms with Crippen LogP contribution < -0.4 is 5.32 Å². The molecule has 0 saturated carbocycles. The molecule has 9 heteroatoms. The zero-order valence-corrected chi connectivity index (χ0v) is 14.1. The molecule has 26 heavy (non-hydrogen) atoms. The maximum Gasteiger partial charge on any atom is 0.270 e. The van der Waals surface area contributed by atoms with Crippen LogP contribution in [-0.2, 0) is 6.42 Å². The Labute approximate surface area is 152 Å². The van der Waals surface area contributed by atoms with Crippen LogP contribution in [0.25, 0.3) is 11.4 Å². The molecule has 0 radical (unpaired) electrons. The van der Waals surface area contributed by atoms with E-state index in [-0.39, 0.29) is 17.8 Å². The highest BCUT2D eigenvalue weighted by Crippen LogP contribution is 2.18. The summed E-state index contributed by atoms with van der Waals surface area (Å²) in [5.41, 5.74) is 0.846. The van der Waals surface area contributed by atoms with E-state index in [4.69, 9.17) is 16.1 Å². The van der Waals surface area contributed by atoms with Crippen molar-refractivity contribution < 1.29 is 14.2 Å². The topological polar surface area (TPSA) is 111 Å². The van der Waals surface area contributed by atoms with Crippen molar-refractivity contribution in [3.63, 3.8) is 0 Å². The van der Waals surface area contributed by atoms with Crippen LogP contribution in [0.5, 0.6) is 0 Å². The van der Waals surface area contributed by atoms with Gasteiger partial charge >= 0.3 is 0 Å². The maximum absolute atomic E-state index is 12.1. The molecule has 132 valence electrons. The minimum Gasteiger partial charge on any atom is -0.352 e. The van der Waals surface area contributed by atoms with Crippen molar-refractivity contribution >= 4 is 23.2 Å². The molecule has 2 aromatic carbocycles. The quantitative estimate of drug-likeness (QED) is 0.525. The van der Waals surface area contributed by atoms with Gasteiger partial charge in [0.25, 0.3) is 11.6 Å². The summed E-state index contributed by atoms with van der Waals surface area (Å²) in [5.74, 6) is 0.391. The summed E-state index contributed by atoms with van der Waals surface area (Å²) >= 11 is 5.84. The number of nitrogens with one attached hydrogen (secondary N) is 1. The minimum absolute atomic E-state index is 0.137. The number of hydrogen-bond acceptors (Lipinski definition) is 6. The smallest absolute Gasteiger partial charge is 0.270 e. The highest BCUT2D eigenvalue weighted by molar-refractivity contribution is 6.30. The average Bonchev–Trinajstić information content (AvgIpc) is 3.11. The third-order valence-corrected chi connectivity index (χ3v) is 3.77. The number of hydrogen-bond donors (Lipinski definition) is 1. The number of amides is 1. The molecule has 0 aliphatic carbocycles. The van der Waals surface area contributed by atoms with Gasteiger partial charge in [-0.15, -0.1) is 0 Å². The van der Waals surface area contributed by atoms with Crippen molar-refractivity contribution in [3.05, 3.63) is 75.1 Å². The van der Waals surface area contributed by atoms with E-state index in [1.54, 1.807) is 24.3 Å². The number of aromatic nitrogens is 2. The van der Waals surface area contributed by atoms with E-state index in [1.165, 1.54) is 24.3 Å². The third-order valence-electron chi connectivity index (χ3n) is 3.51. The number of nitro benzene ring substituents is 1. The van der Waals surface area contributed by atoms with Gasteiger partial charge in [0.2, 0.25) is 11.7 Å². The van der Waals surface area contributed by atoms with E-state index >= 15 is 0 Å². The maximum atomic E-state index is 12.1. The van der Waals surface area contributed by atoms with Crippen LogP contribution in [0.1, 0.15) is 16.2 Å². The molecule has 1 aromatic heterocycles. The second-order valence-corrected chi connectivity index (χ2v) is 5.77. The first-order valence-corrected chi connectivity index (χ1v) is 8.02. The largest absolute Gasteiger partial charge is 0.352 e. The monoisotopic (exact) mass is 372 g/mol. The summed E-state index contributed by atoms with van der Waals surface area (Å²) < 4.78 is 5.15. The number of benzene rings is 2. The van der Waals surface area contributed by atoms with E-state index in [2.05, 4.69) is 15.5 Å². The second-order valence-electron chi connectivity index (χ2n) is 5.33. The van der Waals surface area contributed by atoms with Crippen LogP contribution in [0.4, 0.5) is 5.69 Å². The molecular formula is C17H13ClN4O4. The summed E-state index contributed by atoms with van der Waals surface area (Å²) in [6.07, 6.45) is 0.335. The first-order chi connectivity index (χ1) is 12.5. The summed E-state index contributed by atoms with van der Waals surface area (Å²) in [5, 5.41) is 17.9. The Hall–Kier alpha value is -3.26. The highest BCUT2D eigenvalue weighted by Gasteiger charge is 2.12. The van der Waals surface area contributed by atoms with E-state index < -0.39 is 10.8 Å². The van der Waals surface area contributed by atoms with Gasteiger partial charge in [0.05, 0.1) is 4.92 Å². The Morgan fingerprint density at radius 3 is 2.73 bits per heavy atom. The number of carbonyl (C=O) groups excluding carboxylic acids is 1. The average molecular weight is 373 g/mol. The van der Waals surface area contributed by atoms with Crippen LogP contribution >= 0.6 is 11.6 Å². The molecule has 0 atom stereocenters. The number of rotatable bonds is 6. The molecule has 3 rings (SSSR count). The van der Waals surface area contributed by atoms with Gasteiger partial charge in [0, 0.05) is 41.2 Å². The van der Waals surface area contributed by atoms with Crippen molar-refractivity contribution in [1.82, 2.24) is 15.5 Å². The third kappa shape index (κ3) is 4.22. The summed E-state index contributed by atoms with van der Waals surface area (Å²) in [4.78, 5) is 26.5. The molecule has 1 N–H and O–H groups in total. The van der Waals surface area contributed by atoms with E-state index in [0.717, 1.165) is 5.56 Å². The lowest BCUT2D eigenvalue weighted by atomic mass is 10.2. The van der Waals surface area contributed by atoms with Crippen LogP contribution in [0, 0.1) is 10.1 Å². The lowest BCUT2D eigenvalue weighted by Crippen LogP contribution is -2.25. The fourth-order valence-electron chi connectivity index (χ4n) is 2.22. The van der Waals surface area contributed by atoms with Gasteiger partial charge in [0.1, 0.15) is 0 Å². The molecule has 0 fully saturated rings.